The Morgan fingerprint density at radius 1 is 1.19 bits per heavy atom. The average Bonchev–Trinajstić information content (AvgIpc) is 3.26. The van der Waals surface area contributed by atoms with Crippen molar-refractivity contribution in [2.24, 2.45) is 0 Å². The second-order valence-corrected chi connectivity index (χ2v) is 7.55. The zero-order valence-corrected chi connectivity index (χ0v) is 18.3. The van der Waals surface area contributed by atoms with Crippen molar-refractivity contribution in [3.63, 3.8) is 0 Å². The Morgan fingerprint density at radius 2 is 2.00 bits per heavy atom. The number of carbonyl (C=O) groups excluding carboxylic acids is 2. The maximum Gasteiger partial charge on any atom is 0.224 e. The third-order valence-corrected chi connectivity index (χ3v) is 5.19. The zero-order valence-electron chi connectivity index (χ0n) is 18.3. The largest absolute Gasteiger partial charge is 0.480 e. The molecule has 7 nitrogen and oxygen atoms in total. The summed E-state index contributed by atoms with van der Waals surface area (Å²) >= 11 is 0. The molecule has 0 aliphatic rings. The van der Waals surface area contributed by atoms with Crippen LogP contribution in [0.1, 0.15) is 64.3 Å². The van der Waals surface area contributed by atoms with Gasteiger partial charge in [0.15, 0.2) is 5.76 Å². The highest BCUT2D eigenvalue weighted by atomic mass is 16.5. The first-order valence-electron chi connectivity index (χ1n) is 10.7. The molecular weight excluding hydrogens is 394 g/mol. The number of hydrogen-bond acceptors (Lipinski definition) is 6. The third kappa shape index (κ3) is 5.90. The van der Waals surface area contributed by atoms with Crippen LogP contribution in [0.4, 0.5) is 0 Å². The van der Waals surface area contributed by atoms with Crippen molar-refractivity contribution in [1.29, 1.82) is 0 Å². The summed E-state index contributed by atoms with van der Waals surface area (Å²) < 4.78 is 11.5. The lowest BCUT2D eigenvalue weighted by Gasteiger charge is -2.14. The van der Waals surface area contributed by atoms with E-state index in [0.717, 1.165) is 30.2 Å². The normalized spacial score (nSPS) is 12.0. The standard InChI is InChI=1S/C24H29N3O4/c1-4-18(29)11-6-5-7-13-21(26-16(2)28)24-25-15-22(31-24)19-14-17-10-8-9-12-20(17)27-23(19)30-3/h8-10,12,14-15,21H,4-7,11,13H2,1-3H3,(H,26,28). The van der Waals surface area contributed by atoms with Gasteiger partial charge >= 0.3 is 0 Å². The van der Waals surface area contributed by atoms with E-state index in [0.29, 0.717) is 42.4 Å². The molecule has 3 rings (SSSR count). The number of aromatic nitrogens is 2. The smallest absolute Gasteiger partial charge is 0.224 e. The number of unbranched alkanes of at least 4 members (excludes halogenated alkanes) is 2. The summed E-state index contributed by atoms with van der Waals surface area (Å²) in [6, 6.07) is 9.42. The van der Waals surface area contributed by atoms with E-state index in [9.17, 15) is 9.59 Å². The number of methoxy groups -OCH3 is 1. The molecule has 0 spiro atoms. The second kappa shape index (κ2) is 10.7. The van der Waals surface area contributed by atoms with Crippen molar-refractivity contribution in [2.75, 3.05) is 7.11 Å². The highest BCUT2D eigenvalue weighted by Crippen LogP contribution is 2.33. The first kappa shape index (κ1) is 22.5. The van der Waals surface area contributed by atoms with Crippen molar-refractivity contribution in [2.45, 2.75) is 58.4 Å². The predicted molar refractivity (Wildman–Crippen MR) is 119 cm³/mol. The van der Waals surface area contributed by atoms with Gasteiger partial charge in [-0.05, 0) is 25.0 Å². The quantitative estimate of drug-likeness (QED) is 0.436. The summed E-state index contributed by atoms with van der Waals surface area (Å²) in [6.07, 6.45) is 6.15. The van der Waals surface area contributed by atoms with E-state index in [1.807, 2.05) is 37.3 Å². The van der Waals surface area contributed by atoms with Gasteiger partial charge in [-0.3, -0.25) is 9.59 Å². The number of benzene rings is 1. The number of ketones is 1. The number of Topliss-reactive ketones (excluding diaryl/α,β-unsaturated/α-hetero) is 1. The molecule has 0 saturated heterocycles. The van der Waals surface area contributed by atoms with Gasteiger partial charge < -0.3 is 14.5 Å². The van der Waals surface area contributed by atoms with Gasteiger partial charge in [0.1, 0.15) is 11.8 Å². The SMILES string of the molecule is CCC(=O)CCCCCC(NC(C)=O)c1ncc(-c2cc3ccccc3nc2OC)o1. The molecule has 1 amide bonds. The molecule has 0 bridgehead atoms. The van der Waals surface area contributed by atoms with Crippen molar-refractivity contribution < 1.29 is 18.7 Å². The van der Waals surface area contributed by atoms with Crippen molar-refractivity contribution in [3.8, 4) is 17.2 Å². The van der Waals surface area contributed by atoms with Crippen LogP contribution in [0.15, 0.2) is 40.9 Å². The molecule has 1 atom stereocenters. The van der Waals surface area contributed by atoms with E-state index in [-0.39, 0.29) is 17.7 Å². The molecule has 7 heteroatoms. The number of rotatable bonds is 11. The number of nitrogens with one attached hydrogen (secondary N) is 1. The molecule has 31 heavy (non-hydrogen) atoms. The summed E-state index contributed by atoms with van der Waals surface area (Å²) in [5, 5.41) is 3.89. The zero-order chi connectivity index (χ0) is 22.2. The first-order valence-corrected chi connectivity index (χ1v) is 10.7. The number of carbonyl (C=O) groups is 2. The summed E-state index contributed by atoms with van der Waals surface area (Å²) in [7, 11) is 1.57. The van der Waals surface area contributed by atoms with Crippen LogP contribution < -0.4 is 10.1 Å². The van der Waals surface area contributed by atoms with Crippen LogP contribution in [0, 0.1) is 0 Å². The number of fused-ring (bicyclic) bond motifs is 1. The summed E-state index contributed by atoms with van der Waals surface area (Å²) in [4.78, 5) is 32.1. The maximum atomic E-state index is 11.7. The van der Waals surface area contributed by atoms with Crippen LogP contribution in [0.2, 0.25) is 0 Å². The van der Waals surface area contributed by atoms with Gasteiger partial charge in [0.2, 0.25) is 17.7 Å². The minimum atomic E-state index is -0.326. The van der Waals surface area contributed by atoms with Crippen LogP contribution in [0.3, 0.4) is 0 Å². The van der Waals surface area contributed by atoms with Crippen molar-refractivity contribution in [3.05, 3.63) is 42.4 Å². The van der Waals surface area contributed by atoms with Gasteiger partial charge in [0.25, 0.3) is 0 Å². The van der Waals surface area contributed by atoms with Gasteiger partial charge in [0, 0.05) is 25.2 Å². The first-order chi connectivity index (χ1) is 15.0. The fourth-order valence-electron chi connectivity index (χ4n) is 3.53. The molecule has 2 heterocycles. The van der Waals surface area contributed by atoms with Crippen LogP contribution in [0.25, 0.3) is 22.2 Å². The number of amides is 1. The minimum Gasteiger partial charge on any atom is -0.480 e. The predicted octanol–water partition coefficient (Wildman–Crippen LogP) is 5.01. The van der Waals surface area contributed by atoms with E-state index in [2.05, 4.69) is 15.3 Å². The molecular formula is C24H29N3O4. The van der Waals surface area contributed by atoms with Crippen molar-refractivity contribution >= 4 is 22.6 Å². The number of para-hydroxylation sites is 1. The molecule has 1 N–H and O–H groups in total. The summed E-state index contributed by atoms with van der Waals surface area (Å²) in [5.41, 5.74) is 1.54. The lowest BCUT2D eigenvalue weighted by atomic mass is 10.0. The van der Waals surface area contributed by atoms with Gasteiger partial charge in [-0.2, -0.15) is 0 Å². The Kier molecular flexibility index (Phi) is 7.76. The summed E-state index contributed by atoms with van der Waals surface area (Å²) in [5.74, 6) is 1.58. The van der Waals surface area contributed by atoms with Crippen LogP contribution >= 0.6 is 0 Å². The van der Waals surface area contributed by atoms with E-state index < -0.39 is 0 Å². The fourth-order valence-corrected chi connectivity index (χ4v) is 3.53. The Balaban J connectivity index is 1.76. The molecule has 2 aromatic heterocycles. The molecule has 3 aromatic rings. The Labute approximate surface area is 182 Å². The molecule has 0 radical (unpaired) electrons. The molecule has 1 unspecified atom stereocenters. The molecule has 0 aliphatic heterocycles. The third-order valence-electron chi connectivity index (χ3n) is 5.19. The van der Waals surface area contributed by atoms with Crippen molar-refractivity contribution in [1.82, 2.24) is 15.3 Å². The van der Waals surface area contributed by atoms with Gasteiger partial charge in [-0.15, -0.1) is 0 Å². The number of pyridine rings is 1. The lowest BCUT2D eigenvalue weighted by molar-refractivity contribution is -0.120. The van der Waals surface area contributed by atoms with Gasteiger partial charge in [-0.25, -0.2) is 9.97 Å². The number of hydrogen-bond donors (Lipinski definition) is 1. The molecule has 1 aromatic carbocycles. The Hall–Kier alpha value is -3.22. The lowest BCUT2D eigenvalue weighted by Crippen LogP contribution is -2.26. The van der Waals surface area contributed by atoms with Crippen LogP contribution in [-0.4, -0.2) is 28.8 Å². The molecule has 164 valence electrons. The number of ether oxygens (including phenoxy) is 1. The average molecular weight is 424 g/mol. The maximum absolute atomic E-state index is 11.7. The Morgan fingerprint density at radius 3 is 2.74 bits per heavy atom. The highest BCUT2D eigenvalue weighted by Gasteiger charge is 2.21. The molecule has 0 aliphatic carbocycles. The Bertz CT molecular complexity index is 1040. The van der Waals surface area contributed by atoms with E-state index in [1.54, 1.807) is 13.3 Å². The van der Waals surface area contributed by atoms with E-state index >= 15 is 0 Å². The number of nitrogens with zero attached hydrogens (tertiary/aromatic N) is 2. The molecule has 0 saturated carbocycles. The van der Waals surface area contributed by atoms with Gasteiger partial charge in [0.05, 0.1) is 24.4 Å². The number of oxazole rings is 1. The highest BCUT2D eigenvalue weighted by molar-refractivity contribution is 5.85. The van der Waals surface area contributed by atoms with Crippen LogP contribution in [0.5, 0.6) is 5.88 Å². The fraction of sp³-hybridized carbons (Fsp3) is 0.417. The topological polar surface area (TPSA) is 94.3 Å². The van der Waals surface area contributed by atoms with Gasteiger partial charge in [-0.1, -0.05) is 38.0 Å². The van der Waals surface area contributed by atoms with E-state index in [1.165, 1.54) is 6.92 Å². The summed E-state index contributed by atoms with van der Waals surface area (Å²) in [6.45, 7) is 3.36. The minimum absolute atomic E-state index is 0.143. The molecule has 0 fully saturated rings. The van der Waals surface area contributed by atoms with Crippen LogP contribution in [-0.2, 0) is 9.59 Å². The van der Waals surface area contributed by atoms with E-state index in [4.69, 9.17) is 9.15 Å². The monoisotopic (exact) mass is 423 g/mol. The second-order valence-electron chi connectivity index (χ2n) is 7.55.